The first kappa shape index (κ1) is 11.9. The Kier molecular flexibility index (Phi) is 3.04. The van der Waals surface area contributed by atoms with E-state index >= 15 is 0 Å². The van der Waals surface area contributed by atoms with E-state index in [2.05, 4.69) is 4.74 Å². The van der Waals surface area contributed by atoms with Crippen molar-refractivity contribution >= 4 is 5.97 Å². The van der Waals surface area contributed by atoms with Gasteiger partial charge in [0.05, 0.1) is 20.1 Å². The van der Waals surface area contributed by atoms with Gasteiger partial charge in [-0.3, -0.25) is 4.79 Å². The molecule has 0 amide bonds. The van der Waals surface area contributed by atoms with Gasteiger partial charge >= 0.3 is 5.97 Å². The van der Waals surface area contributed by atoms with Crippen molar-refractivity contribution in [3.05, 3.63) is 29.3 Å². The molecule has 1 aliphatic heterocycles. The number of benzene rings is 1. The molecule has 1 aromatic rings. The van der Waals surface area contributed by atoms with E-state index in [1.807, 2.05) is 0 Å². The molecule has 1 aromatic carbocycles. The largest absolute Gasteiger partial charge is 0.508 e. The lowest BCUT2D eigenvalue weighted by Gasteiger charge is -2.22. The maximum Gasteiger partial charge on any atom is 0.305 e. The third kappa shape index (κ3) is 2.25. The predicted molar refractivity (Wildman–Crippen MR) is 58.0 cm³/mol. The van der Waals surface area contributed by atoms with Gasteiger partial charge in [-0.2, -0.15) is 0 Å². The van der Waals surface area contributed by atoms with E-state index in [9.17, 15) is 15.0 Å². The molecule has 1 aliphatic rings. The van der Waals surface area contributed by atoms with Crippen LogP contribution in [-0.4, -0.2) is 23.3 Å². The molecule has 2 rings (SSSR count). The van der Waals surface area contributed by atoms with Crippen molar-refractivity contribution in [1.29, 1.82) is 0 Å². The molecule has 5 nitrogen and oxygen atoms in total. The van der Waals surface area contributed by atoms with Crippen LogP contribution in [0.2, 0.25) is 0 Å². The first-order valence-corrected chi connectivity index (χ1v) is 5.31. The number of methoxy groups -OCH3 is 1. The van der Waals surface area contributed by atoms with Crippen LogP contribution in [0, 0.1) is 0 Å². The maximum atomic E-state index is 11.0. The van der Waals surface area contributed by atoms with Crippen LogP contribution in [0.15, 0.2) is 18.2 Å². The number of hydrogen-bond acceptors (Lipinski definition) is 5. The summed E-state index contributed by atoms with van der Waals surface area (Å²) in [6.45, 7) is 0.224. The van der Waals surface area contributed by atoms with Gasteiger partial charge < -0.3 is 19.7 Å². The van der Waals surface area contributed by atoms with Gasteiger partial charge in [0.25, 0.3) is 0 Å². The van der Waals surface area contributed by atoms with Crippen LogP contribution in [-0.2, 0) is 26.7 Å². The molecule has 0 aromatic heterocycles. The maximum absolute atomic E-state index is 11.0. The molecule has 1 heterocycles. The minimum absolute atomic E-state index is 0.0767. The van der Waals surface area contributed by atoms with Crippen molar-refractivity contribution < 1.29 is 24.5 Å². The summed E-state index contributed by atoms with van der Waals surface area (Å²) in [4.78, 5) is 11.0. The fraction of sp³-hybridized carbons (Fsp3) is 0.417. The third-order valence-corrected chi connectivity index (χ3v) is 2.87. The van der Waals surface area contributed by atoms with Crippen molar-refractivity contribution in [2.75, 3.05) is 7.11 Å². The van der Waals surface area contributed by atoms with E-state index < -0.39 is 11.8 Å². The van der Waals surface area contributed by atoms with Crippen molar-refractivity contribution in [2.24, 2.45) is 0 Å². The molecular weight excluding hydrogens is 224 g/mol. The Labute approximate surface area is 98.6 Å². The molecule has 0 saturated carbocycles. The lowest BCUT2D eigenvalue weighted by molar-refractivity contribution is -0.210. The quantitative estimate of drug-likeness (QED) is 0.769. The number of aromatic hydroxyl groups is 1. The Bertz CT molecular complexity index is 443. The third-order valence-electron chi connectivity index (χ3n) is 2.87. The van der Waals surface area contributed by atoms with Gasteiger partial charge in [-0.1, -0.05) is 0 Å². The molecule has 17 heavy (non-hydrogen) atoms. The second kappa shape index (κ2) is 4.35. The van der Waals surface area contributed by atoms with E-state index in [4.69, 9.17) is 4.74 Å². The Hall–Kier alpha value is -1.59. The standard InChI is InChI=1S/C12H14O5/c1-16-11(14)4-5-12(15)10-3-2-9(13)6-8(10)7-17-12/h2-3,6,13,15H,4-5,7H2,1H3. The number of ether oxygens (including phenoxy) is 2. The number of hydrogen-bond donors (Lipinski definition) is 2. The Morgan fingerprint density at radius 3 is 3.06 bits per heavy atom. The summed E-state index contributed by atoms with van der Waals surface area (Å²) in [6, 6.07) is 4.64. The summed E-state index contributed by atoms with van der Waals surface area (Å²) in [5, 5.41) is 19.6. The van der Waals surface area contributed by atoms with Crippen molar-refractivity contribution in [2.45, 2.75) is 25.2 Å². The zero-order chi connectivity index (χ0) is 12.5. The second-order valence-corrected chi connectivity index (χ2v) is 3.99. The average molecular weight is 238 g/mol. The minimum atomic E-state index is -1.46. The number of rotatable bonds is 3. The van der Waals surface area contributed by atoms with Crippen LogP contribution < -0.4 is 0 Å². The Balaban J connectivity index is 2.16. The number of carbonyl (C=O) groups is 1. The van der Waals surface area contributed by atoms with Crippen LogP contribution in [0.3, 0.4) is 0 Å². The van der Waals surface area contributed by atoms with Crippen LogP contribution in [0.4, 0.5) is 0 Å². The van der Waals surface area contributed by atoms with Gasteiger partial charge in [0, 0.05) is 12.0 Å². The van der Waals surface area contributed by atoms with Gasteiger partial charge in [0.2, 0.25) is 0 Å². The molecule has 5 heteroatoms. The van der Waals surface area contributed by atoms with E-state index in [-0.39, 0.29) is 25.2 Å². The minimum Gasteiger partial charge on any atom is -0.508 e. The molecule has 0 saturated heterocycles. The van der Waals surface area contributed by atoms with Gasteiger partial charge in [0.15, 0.2) is 5.79 Å². The Morgan fingerprint density at radius 1 is 1.59 bits per heavy atom. The smallest absolute Gasteiger partial charge is 0.305 e. The highest BCUT2D eigenvalue weighted by atomic mass is 16.6. The van der Waals surface area contributed by atoms with Crippen LogP contribution in [0.1, 0.15) is 24.0 Å². The molecule has 0 bridgehead atoms. The highest BCUT2D eigenvalue weighted by Crippen LogP contribution is 2.39. The molecule has 0 radical (unpaired) electrons. The summed E-state index contributed by atoms with van der Waals surface area (Å²) in [7, 11) is 1.30. The average Bonchev–Trinajstić information content (AvgIpc) is 2.64. The van der Waals surface area contributed by atoms with Crippen LogP contribution in [0.25, 0.3) is 0 Å². The Morgan fingerprint density at radius 2 is 2.35 bits per heavy atom. The normalized spacial score (nSPS) is 22.2. The van der Waals surface area contributed by atoms with Crippen molar-refractivity contribution in [3.8, 4) is 5.75 Å². The lowest BCUT2D eigenvalue weighted by atomic mass is 9.98. The summed E-state index contributed by atoms with van der Waals surface area (Å²) in [6.07, 6.45) is 0.213. The fourth-order valence-corrected chi connectivity index (χ4v) is 1.94. The first-order chi connectivity index (χ1) is 8.05. The number of phenolic OH excluding ortho intramolecular Hbond substituents is 1. The summed E-state index contributed by atoms with van der Waals surface area (Å²) < 4.78 is 9.81. The second-order valence-electron chi connectivity index (χ2n) is 3.99. The summed E-state index contributed by atoms with van der Waals surface area (Å²) in [5.74, 6) is -1.73. The number of aliphatic hydroxyl groups is 1. The molecule has 0 fully saturated rings. The SMILES string of the molecule is COC(=O)CCC1(O)OCc2cc(O)ccc21. The molecule has 1 atom stereocenters. The molecule has 2 N–H and O–H groups in total. The van der Waals surface area contributed by atoms with Gasteiger partial charge in [0.1, 0.15) is 5.75 Å². The topological polar surface area (TPSA) is 76.0 Å². The molecular formula is C12H14O5. The van der Waals surface area contributed by atoms with E-state index in [0.29, 0.717) is 5.56 Å². The van der Waals surface area contributed by atoms with Gasteiger partial charge in [-0.25, -0.2) is 0 Å². The predicted octanol–water partition coefficient (Wildman–Crippen LogP) is 1.02. The highest BCUT2D eigenvalue weighted by molar-refractivity contribution is 5.69. The fourth-order valence-electron chi connectivity index (χ4n) is 1.94. The van der Waals surface area contributed by atoms with Crippen LogP contribution >= 0.6 is 0 Å². The number of fused-ring (bicyclic) bond motifs is 1. The van der Waals surface area contributed by atoms with Gasteiger partial charge in [-0.15, -0.1) is 0 Å². The molecule has 0 spiro atoms. The number of phenols is 1. The summed E-state index contributed by atoms with van der Waals surface area (Å²) in [5.41, 5.74) is 1.33. The number of esters is 1. The first-order valence-electron chi connectivity index (χ1n) is 5.31. The zero-order valence-electron chi connectivity index (χ0n) is 9.47. The highest BCUT2D eigenvalue weighted by Gasteiger charge is 2.38. The van der Waals surface area contributed by atoms with Crippen LogP contribution in [0.5, 0.6) is 5.75 Å². The van der Waals surface area contributed by atoms with E-state index in [1.165, 1.54) is 13.2 Å². The molecule has 92 valence electrons. The lowest BCUT2D eigenvalue weighted by Crippen LogP contribution is -2.25. The molecule has 0 aliphatic carbocycles. The monoisotopic (exact) mass is 238 g/mol. The van der Waals surface area contributed by atoms with Crippen molar-refractivity contribution in [1.82, 2.24) is 0 Å². The number of carbonyl (C=O) groups excluding carboxylic acids is 1. The van der Waals surface area contributed by atoms with E-state index in [0.717, 1.165) is 5.56 Å². The van der Waals surface area contributed by atoms with Crippen molar-refractivity contribution in [3.63, 3.8) is 0 Å². The molecule has 1 unspecified atom stereocenters. The zero-order valence-corrected chi connectivity index (χ0v) is 9.47. The van der Waals surface area contributed by atoms with E-state index in [1.54, 1.807) is 12.1 Å². The summed E-state index contributed by atoms with van der Waals surface area (Å²) >= 11 is 0. The van der Waals surface area contributed by atoms with Gasteiger partial charge in [-0.05, 0) is 23.8 Å².